The molecule has 1 fully saturated rings. The highest BCUT2D eigenvalue weighted by Gasteiger charge is 2.21. The van der Waals surface area contributed by atoms with E-state index in [1.54, 1.807) is 0 Å². The predicted molar refractivity (Wildman–Crippen MR) is 76.0 cm³/mol. The average Bonchev–Trinajstić information content (AvgIpc) is 2.92. The molecule has 1 aliphatic carbocycles. The fourth-order valence-electron chi connectivity index (χ4n) is 2.67. The fourth-order valence-corrected chi connectivity index (χ4v) is 2.67. The van der Waals surface area contributed by atoms with Crippen LogP contribution in [0.1, 0.15) is 45.4 Å². The fraction of sp³-hybridized carbons (Fsp3) is 0.714. The lowest BCUT2D eigenvalue weighted by molar-refractivity contribution is 0.481. The van der Waals surface area contributed by atoms with Gasteiger partial charge in [0.15, 0.2) is 0 Å². The number of rotatable bonds is 5. The van der Waals surface area contributed by atoms with Crippen molar-refractivity contribution in [3.63, 3.8) is 0 Å². The first-order chi connectivity index (χ1) is 8.72. The van der Waals surface area contributed by atoms with Gasteiger partial charge in [0.05, 0.1) is 0 Å². The van der Waals surface area contributed by atoms with E-state index < -0.39 is 0 Å². The van der Waals surface area contributed by atoms with E-state index in [1.165, 1.54) is 25.7 Å². The normalized spacial score (nSPS) is 17.7. The van der Waals surface area contributed by atoms with Crippen LogP contribution in [0.2, 0.25) is 0 Å². The summed E-state index contributed by atoms with van der Waals surface area (Å²) in [5.41, 5.74) is 0. The number of anilines is 2. The maximum atomic E-state index is 4.55. The van der Waals surface area contributed by atoms with Crippen LogP contribution in [-0.4, -0.2) is 23.1 Å². The van der Waals surface area contributed by atoms with Crippen LogP contribution in [0.25, 0.3) is 0 Å². The monoisotopic (exact) mass is 248 g/mol. The van der Waals surface area contributed by atoms with E-state index in [2.05, 4.69) is 34.4 Å². The molecule has 1 aromatic rings. The lowest BCUT2D eigenvalue weighted by atomic mass is 10.00. The Morgan fingerprint density at radius 3 is 2.56 bits per heavy atom. The second-order valence-electron chi connectivity index (χ2n) is 5.14. The molecule has 0 amide bonds. The van der Waals surface area contributed by atoms with Crippen LogP contribution in [-0.2, 0) is 6.42 Å². The molecule has 1 saturated carbocycles. The molecule has 1 unspecified atom stereocenters. The molecule has 4 nitrogen and oxygen atoms in total. The van der Waals surface area contributed by atoms with Gasteiger partial charge >= 0.3 is 0 Å². The van der Waals surface area contributed by atoms with Crippen LogP contribution in [0.4, 0.5) is 11.6 Å². The van der Waals surface area contributed by atoms with E-state index in [1.807, 2.05) is 13.1 Å². The van der Waals surface area contributed by atoms with Crippen LogP contribution in [0.15, 0.2) is 6.07 Å². The number of hydrogen-bond acceptors (Lipinski definition) is 4. The highest BCUT2D eigenvalue weighted by molar-refractivity contribution is 5.47. The van der Waals surface area contributed by atoms with Gasteiger partial charge in [0.2, 0.25) is 0 Å². The van der Waals surface area contributed by atoms with Crippen LogP contribution >= 0.6 is 0 Å². The highest BCUT2D eigenvalue weighted by Crippen LogP contribution is 2.29. The summed E-state index contributed by atoms with van der Waals surface area (Å²) in [4.78, 5) is 8.96. The Morgan fingerprint density at radius 2 is 1.94 bits per heavy atom. The summed E-state index contributed by atoms with van der Waals surface area (Å²) in [5, 5.41) is 6.64. The summed E-state index contributed by atoms with van der Waals surface area (Å²) in [6, 6.07) is 2.49. The van der Waals surface area contributed by atoms with E-state index in [9.17, 15) is 0 Å². The van der Waals surface area contributed by atoms with E-state index in [0.717, 1.165) is 29.8 Å². The van der Waals surface area contributed by atoms with Gasteiger partial charge in [-0.3, -0.25) is 0 Å². The van der Waals surface area contributed by atoms with Crippen molar-refractivity contribution in [1.29, 1.82) is 0 Å². The molecule has 0 aliphatic heterocycles. The average molecular weight is 248 g/mol. The lowest BCUT2D eigenvalue weighted by Gasteiger charge is -2.21. The number of hydrogen-bond donors (Lipinski definition) is 2. The molecule has 1 atom stereocenters. The summed E-state index contributed by atoms with van der Waals surface area (Å²) in [5.74, 6) is 3.53. The van der Waals surface area contributed by atoms with Gasteiger partial charge in [0.25, 0.3) is 0 Å². The van der Waals surface area contributed by atoms with E-state index >= 15 is 0 Å². The number of aromatic nitrogens is 2. The molecular formula is C14H24N4. The van der Waals surface area contributed by atoms with Crippen molar-refractivity contribution in [2.45, 2.75) is 52.0 Å². The lowest BCUT2D eigenvalue weighted by Crippen LogP contribution is -2.24. The molecule has 1 aromatic heterocycles. The number of nitrogens with one attached hydrogen (secondary N) is 2. The van der Waals surface area contributed by atoms with Crippen molar-refractivity contribution in [1.82, 2.24) is 9.97 Å². The maximum Gasteiger partial charge on any atom is 0.132 e. The van der Waals surface area contributed by atoms with Crippen molar-refractivity contribution in [2.24, 2.45) is 5.92 Å². The van der Waals surface area contributed by atoms with Crippen LogP contribution < -0.4 is 10.6 Å². The van der Waals surface area contributed by atoms with Gasteiger partial charge in [-0.2, -0.15) is 0 Å². The largest absolute Gasteiger partial charge is 0.373 e. The van der Waals surface area contributed by atoms with Crippen molar-refractivity contribution in [3.05, 3.63) is 11.9 Å². The molecular weight excluding hydrogens is 224 g/mol. The molecule has 0 bridgehead atoms. The van der Waals surface area contributed by atoms with E-state index in [-0.39, 0.29) is 0 Å². The van der Waals surface area contributed by atoms with E-state index in [4.69, 9.17) is 0 Å². The Bertz CT molecular complexity index is 363. The summed E-state index contributed by atoms with van der Waals surface area (Å²) >= 11 is 0. The quantitative estimate of drug-likeness (QED) is 0.841. The van der Waals surface area contributed by atoms with Crippen molar-refractivity contribution in [2.75, 3.05) is 17.7 Å². The minimum absolute atomic E-state index is 0.497. The first kappa shape index (κ1) is 13.1. The zero-order valence-electron chi connectivity index (χ0n) is 11.7. The minimum atomic E-state index is 0.497. The molecule has 4 heteroatoms. The predicted octanol–water partition coefficient (Wildman–Crippen LogP) is 3.07. The van der Waals surface area contributed by atoms with Crippen LogP contribution in [0.5, 0.6) is 0 Å². The van der Waals surface area contributed by atoms with Crippen LogP contribution in [0.3, 0.4) is 0 Å². The molecule has 2 N–H and O–H groups in total. The second kappa shape index (κ2) is 6.03. The number of aryl methyl sites for hydroxylation is 1. The van der Waals surface area contributed by atoms with Gasteiger partial charge in [-0.15, -0.1) is 0 Å². The third kappa shape index (κ3) is 3.12. The third-order valence-corrected chi connectivity index (χ3v) is 3.83. The molecule has 1 aliphatic rings. The van der Waals surface area contributed by atoms with Gasteiger partial charge < -0.3 is 10.6 Å². The second-order valence-corrected chi connectivity index (χ2v) is 5.14. The van der Waals surface area contributed by atoms with Gasteiger partial charge in [-0.1, -0.05) is 19.8 Å². The zero-order chi connectivity index (χ0) is 13.0. The van der Waals surface area contributed by atoms with Crippen molar-refractivity contribution in [3.8, 4) is 0 Å². The molecule has 0 aromatic carbocycles. The molecule has 0 saturated heterocycles. The SMILES string of the molecule is CCc1nc(NC)cc(NC(C)C2CCCC2)n1. The first-order valence-corrected chi connectivity index (χ1v) is 7.05. The zero-order valence-corrected chi connectivity index (χ0v) is 11.7. The van der Waals surface area contributed by atoms with Crippen molar-refractivity contribution >= 4 is 11.6 Å². The molecule has 0 spiro atoms. The molecule has 100 valence electrons. The standard InChI is InChI=1S/C14H24N4/c1-4-12-17-13(15-3)9-14(18-12)16-10(2)11-7-5-6-8-11/h9-11H,4-8H2,1-3H3,(H2,15,16,17,18). The Morgan fingerprint density at radius 1 is 1.28 bits per heavy atom. The van der Waals surface area contributed by atoms with E-state index in [0.29, 0.717) is 6.04 Å². The highest BCUT2D eigenvalue weighted by atomic mass is 15.1. The van der Waals surface area contributed by atoms with Crippen molar-refractivity contribution < 1.29 is 0 Å². The molecule has 0 radical (unpaired) electrons. The van der Waals surface area contributed by atoms with Gasteiger partial charge in [0, 0.05) is 25.6 Å². The Labute approximate surface area is 110 Å². The summed E-state index contributed by atoms with van der Waals surface area (Å²) in [6.45, 7) is 4.35. The smallest absolute Gasteiger partial charge is 0.132 e. The summed E-state index contributed by atoms with van der Waals surface area (Å²) in [6.07, 6.45) is 6.31. The van der Waals surface area contributed by atoms with Gasteiger partial charge in [-0.25, -0.2) is 9.97 Å². The molecule has 1 heterocycles. The van der Waals surface area contributed by atoms with Gasteiger partial charge in [0.1, 0.15) is 17.5 Å². The molecule has 18 heavy (non-hydrogen) atoms. The third-order valence-electron chi connectivity index (χ3n) is 3.83. The maximum absolute atomic E-state index is 4.55. The molecule has 2 rings (SSSR count). The summed E-state index contributed by atoms with van der Waals surface area (Å²) < 4.78 is 0. The Balaban J connectivity index is 2.07. The summed E-state index contributed by atoms with van der Waals surface area (Å²) in [7, 11) is 1.89. The Kier molecular flexibility index (Phi) is 4.39. The Hall–Kier alpha value is -1.32. The number of nitrogens with zero attached hydrogens (tertiary/aromatic N) is 2. The topological polar surface area (TPSA) is 49.8 Å². The minimum Gasteiger partial charge on any atom is -0.373 e. The van der Waals surface area contributed by atoms with Crippen LogP contribution in [0, 0.1) is 5.92 Å². The first-order valence-electron chi connectivity index (χ1n) is 7.05. The van der Waals surface area contributed by atoms with Gasteiger partial charge in [-0.05, 0) is 25.7 Å².